The molecular weight excluding hydrogens is 162 g/mol. The highest BCUT2D eigenvalue weighted by Crippen LogP contribution is 2.28. The summed E-state index contributed by atoms with van der Waals surface area (Å²) < 4.78 is 0. The molecule has 2 heteroatoms. The Kier molecular flexibility index (Phi) is 4.20. The van der Waals surface area contributed by atoms with Gasteiger partial charge in [0, 0.05) is 12.1 Å². The Hall–Kier alpha value is -0.0800. The smallest absolute Gasteiger partial charge is 0.0582 e. The zero-order chi connectivity index (χ0) is 9.84. The molecule has 2 N–H and O–H groups in total. The van der Waals surface area contributed by atoms with Crippen LogP contribution in [-0.4, -0.2) is 23.8 Å². The van der Waals surface area contributed by atoms with E-state index in [1.54, 1.807) is 0 Å². The Labute approximate surface area is 81.7 Å². The maximum atomic E-state index is 8.98. The lowest BCUT2D eigenvalue weighted by molar-refractivity contribution is 0.166. The van der Waals surface area contributed by atoms with Crippen LogP contribution in [0, 0.1) is 11.8 Å². The van der Waals surface area contributed by atoms with Crippen molar-refractivity contribution in [3.63, 3.8) is 0 Å². The largest absolute Gasteiger partial charge is 0.395 e. The first-order chi connectivity index (χ1) is 6.15. The van der Waals surface area contributed by atoms with E-state index < -0.39 is 0 Å². The summed E-state index contributed by atoms with van der Waals surface area (Å²) in [6.07, 6.45) is 4.04. The van der Waals surface area contributed by atoms with Crippen LogP contribution < -0.4 is 5.32 Å². The first-order valence-corrected chi connectivity index (χ1v) is 5.52. The van der Waals surface area contributed by atoms with Gasteiger partial charge in [0.25, 0.3) is 0 Å². The van der Waals surface area contributed by atoms with Gasteiger partial charge >= 0.3 is 0 Å². The molecular formula is C11H23NO. The minimum absolute atomic E-state index is 0.244. The van der Waals surface area contributed by atoms with Crippen LogP contribution in [-0.2, 0) is 0 Å². The monoisotopic (exact) mass is 185 g/mol. The fourth-order valence-corrected chi connectivity index (χ4v) is 2.39. The van der Waals surface area contributed by atoms with Gasteiger partial charge in [-0.05, 0) is 31.6 Å². The highest BCUT2D eigenvalue weighted by Gasteiger charge is 2.27. The van der Waals surface area contributed by atoms with Gasteiger partial charge in [0.05, 0.1) is 6.61 Å². The lowest BCUT2D eigenvalue weighted by atomic mass is 9.78. The zero-order valence-corrected chi connectivity index (χ0v) is 9.09. The highest BCUT2D eigenvalue weighted by atomic mass is 16.3. The van der Waals surface area contributed by atoms with Gasteiger partial charge < -0.3 is 10.4 Å². The van der Waals surface area contributed by atoms with Crippen molar-refractivity contribution in [3.8, 4) is 0 Å². The van der Waals surface area contributed by atoms with Crippen molar-refractivity contribution >= 4 is 0 Å². The second-order valence-corrected chi connectivity index (χ2v) is 4.66. The number of hydrogen-bond donors (Lipinski definition) is 2. The Bertz CT molecular complexity index is 139. The summed E-state index contributed by atoms with van der Waals surface area (Å²) in [6.45, 7) is 6.93. The molecule has 0 saturated heterocycles. The van der Waals surface area contributed by atoms with Crippen LogP contribution in [0.15, 0.2) is 0 Å². The molecule has 0 heterocycles. The molecule has 0 aromatic heterocycles. The topological polar surface area (TPSA) is 32.3 Å². The van der Waals surface area contributed by atoms with Crippen molar-refractivity contribution in [2.45, 2.75) is 52.1 Å². The van der Waals surface area contributed by atoms with Crippen LogP contribution in [0.3, 0.4) is 0 Å². The molecule has 1 rings (SSSR count). The van der Waals surface area contributed by atoms with E-state index in [-0.39, 0.29) is 12.6 Å². The molecule has 1 aliphatic rings. The maximum absolute atomic E-state index is 8.98. The van der Waals surface area contributed by atoms with Crippen molar-refractivity contribution in [1.82, 2.24) is 5.32 Å². The van der Waals surface area contributed by atoms with Gasteiger partial charge in [0.1, 0.15) is 0 Å². The van der Waals surface area contributed by atoms with Crippen LogP contribution in [0.2, 0.25) is 0 Å². The highest BCUT2D eigenvalue weighted by molar-refractivity contribution is 4.84. The molecule has 13 heavy (non-hydrogen) atoms. The molecule has 1 fully saturated rings. The normalized spacial score (nSPS) is 37.4. The maximum Gasteiger partial charge on any atom is 0.0582 e. The van der Waals surface area contributed by atoms with Crippen molar-refractivity contribution in [1.29, 1.82) is 0 Å². The van der Waals surface area contributed by atoms with E-state index in [9.17, 15) is 0 Å². The standard InChI is InChI=1S/C11H23NO/c1-8-5-4-6-9(2)11(8)12-10(3)7-13/h8-13H,4-7H2,1-3H3/t8-,9+,10-,11?/m0/s1. The van der Waals surface area contributed by atoms with Gasteiger partial charge in [-0.25, -0.2) is 0 Å². The fourth-order valence-electron chi connectivity index (χ4n) is 2.39. The number of aliphatic hydroxyl groups is 1. The van der Waals surface area contributed by atoms with Gasteiger partial charge in [0.15, 0.2) is 0 Å². The van der Waals surface area contributed by atoms with Crippen molar-refractivity contribution in [3.05, 3.63) is 0 Å². The van der Waals surface area contributed by atoms with Crippen LogP contribution in [0.25, 0.3) is 0 Å². The van der Waals surface area contributed by atoms with Gasteiger partial charge in [0.2, 0.25) is 0 Å². The first kappa shape index (κ1) is 11.0. The summed E-state index contributed by atoms with van der Waals surface area (Å²) >= 11 is 0. The van der Waals surface area contributed by atoms with Crippen molar-refractivity contribution in [2.24, 2.45) is 11.8 Å². The third kappa shape index (κ3) is 2.96. The predicted octanol–water partition coefficient (Wildman–Crippen LogP) is 1.78. The first-order valence-electron chi connectivity index (χ1n) is 5.52. The second-order valence-electron chi connectivity index (χ2n) is 4.66. The average Bonchev–Trinajstić information content (AvgIpc) is 2.11. The minimum Gasteiger partial charge on any atom is -0.395 e. The summed E-state index contributed by atoms with van der Waals surface area (Å²) in [4.78, 5) is 0. The number of nitrogens with one attached hydrogen (secondary N) is 1. The second kappa shape index (κ2) is 4.97. The van der Waals surface area contributed by atoms with Gasteiger partial charge in [-0.15, -0.1) is 0 Å². The Morgan fingerprint density at radius 2 is 1.85 bits per heavy atom. The van der Waals surface area contributed by atoms with E-state index >= 15 is 0 Å². The molecule has 0 radical (unpaired) electrons. The van der Waals surface area contributed by atoms with E-state index in [1.165, 1.54) is 19.3 Å². The molecule has 0 aliphatic heterocycles. The Morgan fingerprint density at radius 3 is 2.31 bits per heavy atom. The molecule has 0 amide bonds. The molecule has 1 aliphatic carbocycles. The third-order valence-electron chi connectivity index (χ3n) is 3.30. The SMILES string of the molecule is C[C@@H]1CCC[C@H](C)C1N[C@@H](C)CO. The Balaban J connectivity index is 2.43. The molecule has 0 spiro atoms. The van der Waals surface area contributed by atoms with E-state index in [2.05, 4.69) is 19.2 Å². The molecule has 0 bridgehead atoms. The van der Waals surface area contributed by atoms with E-state index in [1.807, 2.05) is 6.92 Å². The molecule has 0 aromatic carbocycles. The Morgan fingerprint density at radius 1 is 1.31 bits per heavy atom. The molecule has 78 valence electrons. The van der Waals surface area contributed by atoms with E-state index in [0.717, 1.165) is 11.8 Å². The quantitative estimate of drug-likeness (QED) is 0.702. The fraction of sp³-hybridized carbons (Fsp3) is 1.00. The lowest BCUT2D eigenvalue weighted by Gasteiger charge is -2.37. The summed E-state index contributed by atoms with van der Waals surface area (Å²) in [6, 6.07) is 0.851. The predicted molar refractivity (Wildman–Crippen MR) is 55.7 cm³/mol. The van der Waals surface area contributed by atoms with Gasteiger partial charge in [-0.2, -0.15) is 0 Å². The molecule has 2 nitrogen and oxygen atoms in total. The molecule has 1 unspecified atom stereocenters. The third-order valence-corrected chi connectivity index (χ3v) is 3.30. The molecule has 1 saturated carbocycles. The summed E-state index contributed by atoms with van der Waals surface area (Å²) in [5.74, 6) is 1.52. The van der Waals surface area contributed by atoms with Crippen molar-refractivity contribution in [2.75, 3.05) is 6.61 Å². The van der Waals surface area contributed by atoms with Crippen LogP contribution in [0.5, 0.6) is 0 Å². The molecule has 4 atom stereocenters. The van der Waals surface area contributed by atoms with Crippen molar-refractivity contribution < 1.29 is 5.11 Å². The summed E-state index contributed by atoms with van der Waals surface area (Å²) in [7, 11) is 0. The number of hydrogen-bond acceptors (Lipinski definition) is 2. The summed E-state index contributed by atoms with van der Waals surface area (Å²) in [5, 5.41) is 12.5. The minimum atomic E-state index is 0.244. The van der Waals surface area contributed by atoms with Gasteiger partial charge in [-0.1, -0.05) is 20.3 Å². The molecule has 0 aromatic rings. The van der Waals surface area contributed by atoms with Crippen LogP contribution in [0.1, 0.15) is 40.0 Å². The zero-order valence-electron chi connectivity index (χ0n) is 9.09. The average molecular weight is 185 g/mol. The number of aliphatic hydroxyl groups excluding tert-OH is 1. The van der Waals surface area contributed by atoms with Gasteiger partial charge in [-0.3, -0.25) is 0 Å². The van der Waals surface area contributed by atoms with E-state index in [0.29, 0.717) is 6.04 Å². The lowest BCUT2D eigenvalue weighted by Crippen LogP contribution is -2.47. The van der Waals surface area contributed by atoms with Crippen LogP contribution in [0.4, 0.5) is 0 Å². The number of rotatable bonds is 3. The summed E-state index contributed by atoms with van der Waals surface area (Å²) in [5.41, 5.74) is 0. The van der Waals surface area contributed by atoms with Crippen LogP contribution >= 0.6 is 0 Å². The van der Waals surface area contributed by atoms with E-state index in [4.69, 9.17) is 5.11 Å².